The lowest BCUT2D eigenvalue weighted by molar-refractivity contribution is -0.385. The molecule has 1 atom stereocenters. The molecule has 1 fully saturated rings. The van der Waals surface area contributed by atoms with Crippen LogP contribution in [0.5, 0.6) is 11.5 Å². The Morgan fingerprint density at radius 2 is 2.15 bits per heavy atom. The third-order valence-electron chi connectivity index (χ3n) is 4.87. The van der Waals surface area contributed by atoms with E-state index in [-0.39, 0.29) is 17.0 Å². The van der Waals surface area contributed by atoms with E-state index in [9.17, 15) is 14.9 Å². The van der Waals surface area contributed by atoms with Gasteiger partial charge in [0.05, 0.1) is 24.7 Å². The van der Waals surface area contributed by atoms with E-state index >= 15 is 0 Å². The lowest BCUT2D eigenvalue weighted by Gasteiger charge is -2.33. The fraction of sp³-hybridized carbons (Fsp3) is 0.632. The Balaban J connectivity index is 2.01. The van der Waals surface area contributed by atoms with E-state index in [1.165, 1.54) is 38.5 Å². The molecule has 0 saturated carbocycles. The number of ether oxygens (including phenoxy) is 2. The highest BCUT2D eigenvalue weighted by atomic mass is 16.6. The summed E-state index contributed by atoms with van der Waals surface area (Å²) in [5.41, 5.74) is -0.312. The molecule has 0 spiro atoms. The summed E-state index contributed by atoms with van der Waals surface area (Å²) in [6.45, 7) is 6.86. The topological polar surface area (TPSA) is 93.9 Å². The number of methoxy groups -OCH3 is 1. The molecule has 2 rings (SSSR count). The standard InChI is InChI=1S/C19H29N3O5/c1-4-27-18-12-15(16(22(24)25)13-17(18)26-3)19(23)20-9-7-11-21-10-6-5-8-14(21)2/h12-14H,4-11H2,1-3H3,(H,20,23). The molecule has 0 bridgehead atoms. The van der Waals surface area contributed by atoms with Crippen molar-refractivity contribution in [2.24, 2.45) is 0 Å². The number of nitro benzene ring substituents is 1. The van der Waals surface area contributed by atoms with Crippen LogP contribution in [-0.2, 0) is 0 Å². The number of benzene rings is 1. The minimum Gasteiger partial charge on any atom is -0.493 e. The van der Waals surface area contributed by atoms with Gasteiger partial charge in [0.25, 0.3) is 11.6 Å². The number of rotatable bonds is 9. The summed E-state index contributed by atoms with van der Waals surface area (Å²) in [6.07, 6.45) is 4.51. The Morgan fingerprint density at radius 1 is 1.37 bits per heavy atom. The van der Waals surface area contributed by atoms with Crippen LogP contribution in [0, 0.1) is 10.1 Å². The zero-order valence-electron chi connectivity index (χ0n) is 16.3. The van der Waals surface area contributed by atoms with E-state index < -0.39 is 10.8 Å². The van der Waals surface area contributed by atoms with E-state index in [4.69, 9.17) is 9.47 Å². The molecular weight excluding hydrogens is 350 g/mol. The third kappa shape index (κ3) is 5.56. The van der Waals surface area contributed by atoms with Crippen molar-refractivity contribution in [3.05, 3.63) is 27.8 Å². The molecule has 1 saturated heterocycles. The van der Waals surface area contributed by atoms with Crippen LogP contribution >= 0.6 is 0 Å². The average Bonchev–Trinajstić information content (AvgIpc) is 2.66. The number of hydrogen-bond donors (Lipinski definition) is 1. The molecule has 1 aliphatic heterocycles. The second-order valence-corrected chi connectivity index (χ2v) is 6.70. The van der Waals surface area contributed by atoms with Gasteiger partial charge in [0.2, 0.25) is 0 Å². The summed E-state index contributed by atoms with van der Waals surface area (Å²) in [4.78, 5) is 25.7. The minimum absolute atomic E-state index is 0.0180. The zero-order valence-corrected chi connectivity index (χ0v) is 16.3. The molecule has 0 radical (unpaired) electrons. The number of amides is 1. The highest BCUT2D eigenvalue weighted by Crippen LogP contribution is 2.34. The second-order valence-electron chi connectivity index (χ2n) is 6.70. The summed E-state index contributed by atoms with van der Waals surface area (Å²) in [6, 6.07) is 3.18. The first-order valence-electron chi connectivity index (χ1n) is 9.49. The minimum atomic E-state index is -0.581. The monoisotopic (exact) mass is 379 g/mol. The van der Waals surface area contributed by atoms with Crippen molar-refractivity contribution in [1.82, 2.24) is 10.2 Å². The number of carbonyl (C=O) groups is 1. The Labute approximate surface area is 160 Å². The van der Waals surface area contributed by atoms with E-state index in [2.05, 4.69) is 17.1 Å². The van der Waals surface area contributed by atoms with Gasteiger partial charge in [-0.15, -0.1) is 0 Å². The van der Waals surface area contributed by atoms with Crippen molar-refractivity contribution in [2.45, 2.75) is 45.6 Å². The van der Waals surface area contributed by atoms with Gasteiger partial charge in [0.1, 0.15) is 5.56 Å². The molecule has 1 amide bonds. The first-order valence-corrected chi connectivity index (χ1v) is 9.49. The highest BCUT2D eigenvalue weighted by Gasteiger charge is 2.24. The van der Waals surface area contributed by atoms with Crippen molar-refractivity contribution in [3.63, 3.8) is 0 Å². The van der Waals surface area contributed by atoms with E-state index in [0.717, 1.165) is 19.5 Å². The van der Waals surface area contributed by atoms with Crippen molar-refractivity contribution in [1.29, 1.82) is 0 Å². The maximum atomic E-state index is 12.5. The van der Waals surface area contributed by atoms with Gasteiger partial charge < -0.3 is 19.7 Å². The van der Waals surface area contributed by atoms with Crippen LogP contribution in [0.2, 0.25) is 0 Å². The Hall–Kier alpha value is -2.35. The molecular formula is C19H29N3O5. The van der Waals surface area contributed by atoms with Gasteiger partial charge in [-0.05, 0) is 39.7 Å². The smallest absolute Gasteiger partial charge is 0.286 e. The van der Waals surface area contributed by atoms with Crippen molar-refractivity contribution >= 4 is 11.6 Å². The van der Waals surface area contributed by atoms with Crippen LogP contribution in [0.25, 0.3) is 0 Å². The number of hydrogen-bond acceptors (Lipinski definition) is 6. The van der Waals surface area contributed by atoms with Crippen LogP contribution < -0.4 is 14.8 Å². The third-order valence-corrected chi connectivity index (χ3v) is 4.87. The fourth-order valence-corrected chi connectivity index (χ4v) is 3.38. The van der Waals surface area contributed by atoms with E-state index in [1.807, 2.05) is 0 Å². The molecule has 1 heterocycles. The van der Waals surface area contributed by atoms with Crippen LogP contribution in [0.4, 0.5) is 5.69 Å². The number of nitro groups is 1. The maximum Gasteiger partial charge on any atom is 0.286 e. The van der Waals surface area contributed by atoms with Crippen LogP contribution in [0.15, 0.2) is 12.1 Å². The number of nitrogens with zero attached hydrogens (tertiary/aromatic N) is 2. The molecule has 8 heteroatoms. The molecule has 0 aromatic heterocycles. The molecule has 0 aliphatic carbocycles. The van der Waals surface area contributed by atoms with Crippen molar-refractivity contribution in [3.8, 4) is 11.5 Å². The first kappa shape index (κ1) is 21.0. The molecule has 8 nitrogen and oxygen atoms in total. The fourth-order valence-electron chi connectivity index (χ4n) is 3.38. The predicted molar refractivity (Wildman–Crippen MR) is 103 cm³/mol. The number of nitrogens with one attached hydrogen (secondary N) is 1. The largest absolute Gasteiger partial charge is 0.493 e. The lowest BCUT2D eigenvalue weighted by atomic mass is 10.0. The summed E-state index contributed by atoms with van der Waals surface area (Å²) in [5.74, 6) is 0.0778. The maximum absolute atomic E-state index is 12.5. The van der Waals surface area contributed by atoms with Crippen LogP contribution in [0.3, 0.4) is 0 Å². The molecule has 1 aromatic carbocycles. The van der Waals surface area contributed by atoms with Gasteiger partial charge in [-0.2, -0.15) is 0 Å². The molecule has 1 aromatic rings. The molecule has 150 valence electrons. The summed E-state index contributed by atoms with van der Waals surface area (Å²) in [5, 5.41) is 14.1. The SMILES string of the molecule is CCOc1cc(C(=O)NCCCN2CCCCC2C)c([N+](=O)[O-])cc1OC. The van der Waals surface area contributed by atoms with Crippen LogP contribution in [-0.4, -0.2) is 55.1 Å². The Morgan fingerprint density at radius 3 is 2.78 bits per heavy atom. The predicted octanol–water partition coefficient (Wildman–Crippen LogP) is 3.00. The molecule has 1 unspecified atom stereocenters. The van der Waals surface area contributed by atoms with Crippen molar-refractivity contribution in [2.75, 3.05) is 33.4 Å². The van der Waals surface area contributed by atoms with Gasteiger partial charge in [0.15, 0.2) is 11.5 Å². The van der Waals surface area contributed by atoms with E-state index in [0.29, 0.717) is 24.9 Å². The molecule has 1 N–H and O–H groups in total. The van der Waals surface area contributed by atoms with Crippen molar-refractivity contribution < 1.29 is 19.2 Å². The first-order chi connectivity index (χ1) is 13.0. The Kier molecular flexibility index (Phi) is 7.84. The molecule has 27 heavy (non-hydrogen) atoms. The second kappa shape index (κ2) is 10.1. The summed E-state index contributed by atoms with van der Waals surface area (Å²) in [7, 11) is 1.41. The number of likely N-dealkylation sites (tertiary alicyclic amines) is 1. The normalized spacial score (nSPS) is 17.4. The van der Waals surface area contributed by atoms with Gasteiger partial charge in [-0.25, -0.2) is 0 Å². The van der Waals surface area contributed by atoms with Gasteiger partial charge in [-0.3, -0.25) is 14.9 Å². The summed E-state index contributed by atoms with van der Waals surface area (Å²) >= 11 is 0. The number of piperidine rings is 1. The zero-order chi connectivity index (χ0) is 19.8. The number of carbonyl (C=O) groups excluding carboxylic acids is 1. The Bertz CT molecular complexity index is 665. The molecule has 1 aliphatic rings. The highest BCUT2D eigenvalue weighted by molar-refractivity contribution is 5.99. The quantitative estimate of drug-likeness (QED) is 0.403. The van der Waals surface area contributed by atoms with Crippen LogP contribution in [0.1, 0.15) is 49.9 Å². The van der Waals surface area contributed by atoms with Gasteiger partial charge in [-0.1, -0.05) is 6.42 Å². The van der Waals surface area contributed by atoms with Gasteiger partial charge >= 0.3 is 0 Å². The lowest BCUT2D eigenvalue weighted by Crippen LogP contribution is -2.39. The van der Waals surface area contributed by atoms with E-state index in [1.54, 1.807) is 6.92 Å². The van der Waals surface area contributed by atoms with Gasteiger partial charge in [0, 0.05) is 25.2 Å². The average molecular weight is 379 g/mol. The summed E-state index contributed by atoms with van der Waals surface area (Å²) < 4.78 is 10.6.